The Bertz CT molecular complexity index is 1010. The number of hydrogen-bond donors (Lipinski definition) is 0. The lowest BCUT2D eigenvalue weighted by molar-refractivity contribution is -0.117. The van der Waals surface area contributed by atoms with Gasteiger partial charge in [-0.15, -0.1) is 0 Å². The Hall–Kier alpha value is -1.83. The van der Waals surface area contributed by atoms with Crippen LogP contribution in [0.25, 0.3) is 0 Å². The van der Waals surface area contributed by atoms with E-state index in [-0.39, 0.29) is 35.1 Å². The van der Waals surface area contributed by atoms with Crippen molar-refractivity contribution in [2.24, 2.45) is 4.99 Å². The number of sulfone groups is 1. The lowest BCUT2D eigenvalue weighted by atomic mass is 10.1. The fourth-order valence-corrected chi connectivity index (χ4v) is 7.56. The summed E-state index contributed by atoms with van der Waals surface area (Å²) in [7, 11) is -3.11. The number of rotatable bonds is 3. The van der Waals surface area contributed by atoms with Crippen molar-refractivity contribution in [3.8, 4) is 0 Å². The Balaban J connectivity index is 1.67. The molecule has 0 bridgehead atoms. The van der Waals surface area contributed by atoms with Crippen LogP contribution in [0.4, 0.5) is 5.69 Å². The van der Waals surface area contributed by atoms with Crippen LogP contribution in [0.2, 0.25) is 5.02 Å². The molecule has 2 aliphatic rings. The number of halogens is 1. The first-order valence-corrected chi connectivity index (χ1v) is 11.6. The maximum absolute atomic E-state index is 12.5. The topological polar surface area (TPSA) is 66.8 Å². The maximum Gasteiger partial charge on any atom is 0.252 e. The molecule has 0 spiro atoms. The maximum atomic E-state index is 12.5. The normalized spacial score (nSPS) is 24.9. The average molecular weight is 421 g/mol. The van der Waals surface area contributed by atoms with Crippen molar-refractivity contribution in [2.75, 3.05) is 16.4 Å². The van der Waals surface area contributed by atoms with Crippen molar-refractivity contribution in [2.45, 2.75) is 17.7 Å². The van der Waals surface area contributed by atoms with Crippen molar-refractivity contribution in [3.63, 3.8) is 0 Å². The van der Waals surface area contributed by atoms with Gasteiger partial charge in [0.2, 0.25) is 0 Å². The minimum absolute atomic E-state index is 0.0434. The third-order valence-electron chi connectivity index (χ3n) is 4.60. The van der Waals surface area contributed by atoms with Gasteiger partial charge in [-0.2, -0.15) is 4.99 Å². The summed E-state index contributed by atoms with van der Waals surface area (Å²) in [6.07, 6.45) is 0.203. The van der Waals surface area contributed by atoms with Gasteiger partial charge in [0, 0.05) is 5.25 Å². The Morgan fingerprint density at radius 1 is 1.11 bits per heavy atom. The van der Waals surface area contributed by atoms with Gasteiger partial charge in [0.15, 0.2) is 15.0 Å². The third kappa shape index (κ3) is 3.90. The molecule has 2 heterocycles. The van der Waals surface area contributed by atoms with Crippen molar-refractivity contribution >= 4 is 50.0 Å². The predicted octanol–water partition coefficient (Wildman–Crippen LogP) is 3.18. The molecule has 8 heteroatoms. The van der Waals surface area contributed by atoms with Crippen molar-refractivity contribution in [1.82, 2.24) is 0 Å². The molecule has 0 radical (unpaired) electrons. The quantitative estimate of drug-likeness (QED) is 0.762. The fourth-order valence-electron chi connectivity index (χ4n) is 3.41. The molecule has 2 aliphatic heterocycles. The molecule has 2 aromatic rings. The van der Waals surface area contributed by atoms with Crippen LogP contribution < -0.4 is 4.90 Å². The number of amides is 1. The highest BCUT2D eigenvalue weighted by atomic mass is 35.5. The molecule has 1 amide bonds. The molecule has 27 heavy (non-hydrogen) atoms. The van der Waals surface area contributed by atoms with Crippen LogP contribution in [0.3, 0.4) is 0 Å². The van der Waals surface area contributed by atoms with Gasteiger partial charge < -0.3 is 4.90 Å². The van der Waals surface area contributed by atoms with Gasteiger partial charge in [-0.05, 0) is 17.7 Å². The number of para-hydroxylation sites is 1. The number of carbonyl (C=O) groups is 1. The zero-order valence-corrected chi connectivity index (χ0v) is 16.7. The number of fused-ring (bicyclic) bond motifs is 1. The SMILES string of the molecule is O=C(Cc1ccccc1)N=C1S[C@H]2CS(=O)(=O)C[C@@H]2N1c1ccccc1Cl. The Labute approximate surface area is 167 Å². The van der Waals surface area contributed by atoms with E-state index in [1.807, 2.05) is 53.4 Å². The lowest BCUT2D eigenvalue weighted by Gasteiger charge is -2.25. The zero-order valence-electron chi connectivity index (χ0n) is 14.3. The van der Waals surface area contributed by atoms with Gasteiger partial charge in [-0.1, -0.05) is 65.8 Å². The minimum Gasteiger partial charge on any atom is -0.314 e. The molecule has 2 atom stereocenters. The summed E-state index contributed by atoms with van der Waals surface area (Å²) in [6, 6.07) is 16.4. The second-order valence-electron chi connectivity index (χ2n) is 6.57. The van der Waals surface area contributed by atoms with E-state index in [9.17, 15) is 13.2 Å². The number of benzene rings is 2. The van der Waals surface area contributed by atoms with E-state index >= 15 is 0 Å². The summed E-state index contributed by atoms with van der Waals surface area (Å²) >= 11 is 7.71. The second-order valence-corrected chi connectivity index (χ2v) is 10.3. The first-order valence-electron chi connectivity index (χ1n) is 8.49. The van der Waals surface area contributed by atoms with Gasteiger partial charge in [0.05, 0.1) is 34.7 Å². The second kappa shape index (κ2) is 7.30. The summed E-state index contributed by atoms with van der Waals surface area (Å²) in [5, 5.41) is 0.884. The molecule has 2 saturated heterocycles. The Morgan fingerprint density at radius 2 is 1.81 bits per heavy atom. The van der Waals surface area contributed by atoms with Crippen LogP contribution in [-0.2, 0) is 21.1 Å². The summed E-state index contributed by atoms with van der Waals surface area (Å²) < 4.78 is 24.2. The van der Waals surface area contributed by atoms with E-state index < -0.39 is 9.84 Å². The van der Waals surface area contributed by atoms with Crippen LogP contribution in [0.5, 0.6) is 0 Å². The fraction of sp³-hybridized carbons (Fsp3) is 0.263. The van der Waals surface area contributed by atoms with Gasteiger partial charge >= 0.3 is 0 Å². The molecule has 5 nitrogen and oxygen atoms in total. The molecular weight excluding hydrogens is 404 g/mol. The van der Waals surface area contributed by atoms with Gasteiger partial charge in [0.1, 0.15) is 0 Å². The number of thioether (sulfide) groups is 1. The molecule has 140 valence electrons. The predicted molar refractivity (Wildman–Crippen MR) is 110 cm³/mol. The lowest BCUT2D eigenvalue weighted by Crippen LogP contribution is -2.38. The molecular formula is C19H17ClN2O3S2. The van der Waals surface area contributed by atoms with E-state index in [1.54, 1.807) is 6.07 Å². The first kappa shape index (κ1) is 18.5. The Morgan fingerprint density at radius 3 is 2.56 bits per heavy atom. The number of amidine groups is 1. The van der Waals surface area contributed by atoms with Crippen LogP contribution in [0, 0.1) is 0 Å². The minimum atomic E-state index is -3.11. The highest BCUT2D eigenvalue weighted by molar-refractivity contribution is 8.16. The summed E-state index contributed by atoms with van der Waals surface area (Å²) in [5.41, 5.74) is 1.57. The highest BCUT2D eigenvalue weighted by Gasteiger charge is 2.49. The highest BCUT2D eigenvalue weighted by Crippen LogP contribution is 2.42. The molecule has 0 aliphatic carbocycles. The largest absolute Gasteiger partial charge is 0.314 e. The van der Waals surface area contributed by atoms with Crippen molar-refractivity contribution in [1.29, 1.82) is 0 Å². The number of nitrogens with zero attached hydrogens (tertiary/aromatic N) is 2. The molecule has 2 fully saturated rings. The van der Waals surface area contributed by atoms with Crippen molar-refractivity contribution in [3.05, 3.63) is 65.2 Å². The summed E-state index contributed by atoms with van der Waals surface area (Å²) in [6.45, 7) is 0. The molecule has 0 aromatic heterocycles. The van der Waals surface area contributed by atoms with E-state index in [1.165, 1.54) is 11.8 Å². The smallest absolute Gasteiger partial charge is 0.252 e. The Kier molecular flexibility index (Phi) is 5.01. The van der Waals surface area contributed by atoms with Crippen LogP contribution in [0.1, 0.15) is 5.56 Å². The van der Waals surface area contributed by atoms with Gasteiger partial charge in [-0.3, -0.25) is 4.79 Å². The van der Waals surface area contributed by atoms with Gasteiger partial charge in [-0.25, -0.2) is 8.42 Å². The number of hydrogen-bond acceptors (Lipinski definition) is 4. The number of aliphatic imine (C=N–C) groups is 1. The average Bonchev–Trinajstić information content (AvgIpc) is 3.07. The van der Waals surface area contributed by atoms with E-state index in [2.05, 4.69) is 4.99 Å². The van der Waals surface area contributed by atoms with Crippen molar-refractivity contribution < 1.29 is 13.2 Å². The first-order chi connectivity index (χ1) is 12.9. The van der Waals surface area contributed by atoms with Crippen LogP contribution in [0.15, 0.2) is 59.6 Å². The third-order valence-corrected chi connectivity index (χ3v) is 8.13. The standard InChI is InChI=1S/C19H17ClN2O3S2/c20-14-8-4-5-9-15(14)22-16-11-27(24,25)12-17(16)26-19(22)21-18(23)10-13-6-2-1-3-7-13/h1-9,16-17H,10-12H2/t16-,17-/m0/s1. The molecule has 0 saturated carbocycles. The molecule has 0 unspecified atom stereocenters. The van der Waals surface area contributed by atoms with E-state index in [0.717, 1.165) is 5.56 Å². The van der Waals surface area contributed by atoms with Crippen LogP contribution >= 0.6 is 23.4 Å². The van der Waals surface area contributed by atoms with E-state index in [4.69, 9.17) is 11.6 Å². The van der Waals surface area contributed by atoms with E-state index in [0.29, 0.717) is 15.9 Å². The number of anilines is 1. The summed E-state index contributed by atoms with van der Waals surface area (Å²) in [5.74, 6) is -0.125. The monoisotopic (exact) mass is 420 g/mol. The van der Waals surface area contributed by atoms with Crippen LogP contribution in [-0.4, -0.2) is 42.3 Å². The molecule has 0 N–H and O–H groups in total. The molecule has 2 aromatic carbocycles. The molecule has 4 rings (SSSR count). The number of carbonyl (C=O) groups excluding carboxylic acids is 1. The van der Waals surface area contributed by atoms with Gasteiger partial charge in [0.25, 0.3) is 5.91 Å². The summed E-state index contributed by atoms with van der Waals surface area (Å²) in [4.78, 5) is 18.6. The zero-order chi connectivity index (χ0) is 19.0.